The van der Waals surface area contributed by atoms with Gasteiger partial charge in [-0.2, -0.15) is 0 Å². The van der Waals surface area contributed by atoms with Crippen molar-refractivity contribution in [1.82, 2.24) is 0 Å². The quantitative estimate of drug-likeness (QED) is 0.838. The third-order valence-electron chi connectivity index (χ3n) is 3.73. The number of ether oxygens (including phenoxy) is 2. The Bertz CT molecular complexity index is 617. The second-order valence-electron chi connectivity index (χ2n) is 5.41. The third-order valence-corrected chi connectivity index (χ3v) is 3.73. The summed E-state index contributed by atoms with van der Waals surface area (Å²) in [5.41, 5.74) is 5.12. The number of rotatable bonds is 4. The van der Waals surface area contributed by atoms with E-state index in [4.69, 9.17) is 9.47 Å². The van der Waals surface area contributed by atoms with E-state index in [1.54, 1.807) is 0 Å². The number of fused-ring (bicyclic) bond motifs is 1. The molecule has 0 amide bonds. The van der Waals surface area contributed by atoms with Crippen LogP contribution >= 0.6 is 0 Å². The van der Waals surface area contributed by atoms with E-state index in [9.17, 15) is 0 Å². The fourth-order valence-corrected chi connectivity index (χ4v) is 2.64. The predicted octanol–water partition coefficient (Wildman–Crippen LogP) is 3.86. The molecule has 1 heterocycles. The molecule has 2 nitrogen and oxygen atoms in total. The highest BCUT2D eigenvalue weighted by atomic mass is 16.5. The van der Waals surface area contributed by atoms with Gasteiger partial charge in [-0.25, -0.2) is 0 Å². The van der Waals surface area contributed by atoms with Gasteiger partial charge in [0.1, 0.15) is 11.5 Å². The van der Waals surface area contributed by atoms with Crippen molar-refractivity contribution in [3.8, 4) is 11.5 Å². The van der Waals surface area contributed by atoms with Crippen LogP contribution in [0.1, 0.15) is 22.3 Å². The first-order valence-electron chi connectivity index (χ1n) is 7.17. The molecule has 0 unspecified atom stereocenters. The molecule has 0 atom stereocenters. The Morgan fingerprint density at radius 1 is 1.10 bits per heavy atom. The molecule has 0 saturated heterocycles. The van der Waals surface area contributed by atoms with Crippen LogP contribution in [-0.2, 0) is 12.8 Å². The Morgan fingerprint density at radius 3 is 2.85 bits per heavy atom. The van der Waals surface area contributed by atoms with E-state index < -0.39 is 0 Å². The lowest BCUT2D eigenvalue weighted by Gasteiger charge is -2.10. The number of aryl methyl sites for hydroxylation is 2. The van der Waals surface area contributed by atoms with E-state index in [1.807, 2.05) is 0 Å². The molecule has 0 fully saturated rings. The summed E-state index contributed by atoms with van der Waals surface area (Å²) in [4.78, 5) is 0. The van der Waals surface area contributed by atoms with Gasteiger partial charge in [-0.15, -0.1) is 0 Å². The normalized spacial score (nSPS) is 12.9. The number of benzene rings is 2. The minimum absolute atomic E-state index is 0.712. The van der Waals surface area contributed by atoms with Gasteiger partial charge >= 0.3 is 0 Å². The van der Waals surface area contributed by atoms with Crippen LogP contribution in [0.25, 0.3) is 0 Å². The zero-order valence-corrected chi connectivity index (χ0v) is 12.1. The minimum Gasteiger partial charge on any atom is -0.493 e. The third kappa shape index (κ3) is 2.79. The van der Waals surface area contributed by atoms with Crippen LogP contribution in [0.4, 0.5) is 0 Å². The topological polar surface area (TPSA) is 18.5 Å². The molecule has 3 rings (SSSR count). The van der Waals surface area contributed by atoms with Gasteiger partial charge in [-0.1, -0.05) is 29.8 Å². The van der Waals surface area contributed by atoms with Crippen LogP contribution in [0, 0.1) is 13.8 Å². The van der Waals surface area contributed by atoms with Crippen molar-refractivity contribution in [2.45, 2.75) is 26.7 Å². The Morgan fingerprint density at radius 2 is 2.00 bits per heavy atom. The smallest absolute Gasteiger partial charge is 0.122 e. The first-order chi connectivity index (χ1) is 9.72. The van der Waals surface area contributed by atoms with Crippen molar-refractivity contribution in [3.05, 3.63) is 58.7 Å². The molecule has 104 valence electrons. The number of hydrogen-bond donors (Lipinski definition) is 0. The van der Waals surface area contributed by atoms with Crippen molar-refractivity contribution < 1.29 is 9.47 Å². The maximum Gasteiger partial charge on any atom is 0.122 e. The van der Waals surface area contributed by atoms with Crippen LogP contribution < -0.4 is 9.47 Å². The maximum atomic E-state index is 5.88. The Labute approximate surface area is 120 Å². The summed E-state index contributed by atoms with van der Waals surface area (Å²) >= 11 is 0. The highest BCUT2D eigenvalue weighted by Crippen LogP contribution is 2.26. The lowest BCUT2D eigenvalue weighted by molar-refractivity contribution is 0.319. The molecule has 0 N–H and O–H groups in total. The molecule has 0 aliphatic carbocycles. The Kier molecular flexibility index (Phi) is 3.64. The molecule has 2 heteroatoms. The van der Waals surface area contributed by atoms with Gasteiger partial charge in [0.15, 0.2) is 0 Å². The molecule has 0 spiro atoms. The molecular formula is C18H20O2. The highest BCUT2D eigenvalue weighted by Gasteiger charge is 2.11. The van der Waals surface area contributed by atoms with E-state index in [0.29, 0.717) is 6.61 Å². The average molecular weight is 268 g/mol. The van der Waals surface area contributed by atoms with Crippen LogP contribution in [-0.4, -0.2) is 13.2 Å². The van der Waals surface area contributed by atoms with Crippen molar-refractivity contribution in [2.24, 2.45) is 0 Å². The molecule has 0 bridgehead atoms. The summed E-state index contributed by atoms with van der Waals surface area (Å²) in [6, 6.07) is 12.8. The number of hydrogen-bond acceptors (Lipinski definition) is 2. The first-order valence-corrected chi connectivity index (χ1v) is 7.17. The second kappa shape index (κ2) is 5.58. The molecule has 0 saturated carbocycles. The Hall–Kier alpha value is -1.96. The molecule has 1 aliphatic heterocycles. The lowest BCUT2D eigenvalue weighted by Crippen LogP contribution is -2.02. The molecule has 0 aromatic heterocycles. The zero-order valence-electron chi connectivity index (χ0n) is 12.1. The van der Waals surface area contributed by atoms with E-state index in [-0.39, 0.29) is 0 Å². The monoisotopic (exact) mass is 268 g/mol. The summed E-state index contributed by atoms with van der Waals surface area (Å²) in [6.45, 7) is 5.72. The average Bonchev–Trinajstić information content (AvgIpc) is 2.89. The van der Waals surface area contributed by atoms with Crippen LogP contribution in [0.5, 0.6) is 11.5 Å². The van der Waals surface area contributed by atoms with E-state index in [1.165, 1.54) is 22.3 Å². The summed E-state index contributed by atoms with van der Waals surface area (Å²) in [6.07, 6.45) is 1.96. The molecule has 20 heavy (non-hydrogen) atoms. The fourth-order valence-electron chi connectivity index (χ4n) is 2.64. The zero-order chi connectivity index (χ0) is 13.9. The van der Waals surface area contributed by atoms with E-state index in [0.717, 1.165) is 30.9 Å². The second-order valence-corrected chi connectivity index (χ2v) is 5.41. The van der Waals surface area contributed by atoms with Crippen molar-refractivity contribution in [1.29, 1.82) is 0 Å². The summed E-state index contributed by atoms with van der Waals surface area (Å²) in [5.74, 6) is 2.03. The standard InChI is InChI=1S/C18H20O2/c1-13-3-5-17(14(2)11-13)19-9-7-15-4-6-18-16(12-15)8-10-20-18/h3-6,11-12H,7-10H2,1-2H3. The van der Waals surface area contributed by atoms with Gasteiger partial charge in [0.05, 0.1) is 13.2 Å². The molecule has 2 aromatic carbocycles. The van der Waals surface area contributed by atoms with E-state index >= 15 is 0 Å². The summed E-state index contributed by atoms with van der Waals surface area (Å²) < 4.78 is 11.4. The van der Waals surface area contributed by atoms with Gasteiger partial charge < -0.3 is 9.47 Å². The summed E-state index contributed by atoms with van der Waals surface area (Å²) in [7, 11) is 0. The fraction of sp³-hybridized carbons (Fsp3) is 0.333. The first kappa shape index (κ1) is 13.0. The Balaban J connectivity index is 1.60. The van der Waals surface area contributed by atoms with Gasteiger partial charge in [-0.3, -0.25) is 0 Å². The largest absolute Gasteiger partial charge is 0.493 e. The van der Waals surface area contributed by atoms with Crippen molar-refractivity contribution >= 4 is 0 Å². The van der Waals surface area contributed by atoms with Crippen LogP contribution in [0.15, 0.2) is 36.4 Å². The van der Waals surface area contributed by atoms with Crippen LogP contribution in [0.3, 0.4) is 0 Å². The van der Waals surface area contributed by atoms with Crippen molar-refractivity contribution in [3.63, 3.8) is 0 Å². The molecule has 0 radical (unpaired) electrons. The highest BCUT2D eigenvalue weighted by molar-refractivity contribution is 5.40. The van der Waals surface area contributed by atoms with Crippen LogP contribution in [0.2, 0.25) is 0 Å². The van der Waals surface area contributed by atoms with E-state index in [2.05, 4.69) is 50.2 Å². The van der Waals surface area contributed by atoms with Gasteiger partial charge in [-0.05, 0) is 42.7 Å². The maximum absolute atomic E-state index is 5.88. The SMILES string of the molecule is Cc1ccc(OCCc2ccc3c(c2)CCO3)c(C)c1. The minimum atomic E-state index is 0.712. The molecule has 2 aromatic rings. The molecular weight excluding hydrogens is 248 g/mol. The van der Waals surface area contributed by atoms with Gasteiger partial charge in [0.25, 0.3) is 0 Å². The van der Waals surface area contributed by atoms with Crippen molar-refractivity contribution in [2.75, 3.05) is 13.2 Å². The predicted molar refractivity (Wildman–Crippen MR) is 80.8 cm³/mol. The van der Waals surface area contributed by atoms with Gasteiger partial charge in [0, 0.05) is 12.8 Å². The lowest BCUT2D eigenvalue weighted by atomic mass is 10.1. The molecule has 1 aliphatic rings. The van der Waals surface area contributed by atoms with Gasteiger partial charge in [0.2, 0.25) is 0 Å². The summed E-state index contributed by atoms with van der Waals surface area (Å²) in [5, 5.41) is 0.